The van der Waals surface area contributed by atoms with Crippen LogP contribution in [0.4, 0.5) is 0 Å². The summed E-state index contributed by atoms with van der Waals surface area (Å²) in [5.41, 5.74) is 0. The van der Waals surface area contributed by atoms with E-state index in [4.69, 9.17) is 24.4 Å². The van der Waals surface area contributed by atoms with E-state index in [0.717, 1.165) is 11.0 Å². The van der Waals surface area contributed by atoms with Crippen molar-refractivity contribution in [3.05, 3.63) is 0 Å². The van der Waals surface area contributed by atoms with Crippen molar-refractivity contribution in [2.75, 3.05) is 34.3 Å². The van der Waals surface area contributed by atoms with E-state index >= 15 is 0 Å². The average Bonchev–Trinajstić information content (AvgIpc) is 1.54. The molecule has 0 aromatic heterocycles. The Kier molecular flexibility index (Phi) is 12.6. The first-order valence-corrected chi connectivity index (χ1v) is 4.72. The minimum Gasteiger partial charge on any atom is -0.790 e. The summed E-state index contributed by atoms with van der Waals surface area (Å²) in [5.74, 6) is 0. The van der Waals surface area contributed by atoms with E-state index in [1.54, 1.807) is 0 Å². The molecule has 0 atom stereocenters. The molecular formula is C5H15NNaO5P. The molecule has 8 heteroatoms. The van der Waals surface area contributed by atoms with Crippen LogP contribution in [-0.2, 0) is 4.57 Å². The van der Waals surface area contributed by atoms with Gasteiger partial charge in [0.2, 0.25) is 0 Å². The molecular weight excluding hydrogens is 208 g/mol. The second-order valence-electron chi connectivity index (χ2n) is 3.21. The van der Waals surface area contributed by atoms with E-state index in [-0.39, 0.29) is 36.2 Å². The molecule has 0 fully saturated rings. The molecule has 76 valence electrons. The molecule has 0 radical (unpaired) electrons. The van der Waals surface area contributed by atoms with Gasteiger partial charge in [-0.2, -0.15) is 0 Å². The fraction of sp³-hybridized carbons (Fsp3) is 1.00. The third-order valence-electron chi connectivity index (χ3n) is 0.771. The Labute approximate surface area is 100 Å². The maximum Gasteiger partial charge on any atom is 1.00 e. The van der Waals surface area contributed by atoms with Crippen molar-refractivity contribution in [1.29, 1.82) is 0 Å². The Bertz CT molecular complexity index is 145. The number of aliphatic hydroxyl groups excluding tert-OH is 1. The summed E-state index contributed by atoms with van der Waals surface area (Å²) < 4.78 is 9.50. The Balaban J connectivity index is -0.000000150. The van der Waals surface area contributed by atoms with Crippen molar-refractivity contribution < 1.29 is 58.4 Å². The van der Waals surface area contributed by atoms with Crippen LogP contribution in [-0.4, -0.2) is 48.8 Å². The first-order valence-electron chi connectivity index (χ1n) is 3.22. The predicted molar refractivity (Wildman–Crippen MR) is 39.8 cm³/mol. The fourth-order valence-electron chi connectivity index (χ4n) is 0.300. The third kappa shape index (κ3) is 62.7. The normalized spacial score (nSPS) is 11.0. The van der Waals surface area contributed by atoms with Crippen LogP contribution >= 0.6 is 7.82 Å². The molecule has 0 unspecified atom stereocenters. The van der Waals surface area contributed by atoms with Crippen molar-refractivity contribution in [1.82, 2.24) is 0 Å². The Hall–Kier alpha value is 1.03. The molecule has 0 saturated carbocycles. The molecule has 0 aliphatic carbocycles. The van der Waals surface area contributed by atoms with Crippen LogP contribution < -0.4 is 39.3 Å². The number of rotatable bonds is 2. The van der Waals surface area contributed by atoms with Gasteiger partial charge in [-0.1, -0.05) is 0 Å². The van der Waals surface area contributed by atoms with Gasteiger partial charge in [-0.25, -0.2) is 0 Å². The van der Waals surface area contributed by atoms with Gasteiger partial charge in [0, 0.05) is 0 Å². The summed E-state index contributed by atoms with van der Waals surface area (Å²) in [7, 11) is 1.02. The number of quaternary nitrogens is 1. The predicted octanol–water partition coefficient (Wildman–Crippen LogP) is -5.50. The molecule has 0 rings (SSSR count). The zero-order chi connectivity index (χ0) is 10.4. The molecule has 0 aliphatic rings. The summed E-state index contributed by atoms with van der Waals surface area (Å²) in [4.78, 5) is 24.3. The number of hydrogen-bond acceptors (Lipinski definition) is 4. The van der Waals surface area contributed by atoms with Gasteiger partial charge in [0.1, 0.15) is 6.54 Å². The van der Waals surface area contributed by atoms with Crippen molar-refractivity contribution in [2.45, 2.75) is 0 Å². The largest absolute Gasteiger partial charge is 1.00 e. The van der Waals surface area contributed by atoms with Gasteiger partial charge in [-0.15, -0.1) is 0 Å². The summed E-state index contributed by atoms with van der Waals surface area (Å²) in [6.45, 7) is 1.11. The van der Waals surface area contributed by atoms with Gasteiger partial charge in [-0.05, 0) is 0 Å². The van der Waals surface area contributed by atoms with E-state index in [1.165, 1.54) is 0 Å². The molecule has 0 amide bonds. The average molecular weight is 223 g/mol. The van der Waals surface area contributed by atoms with E-state index in [2.05, 4.69) is 21.1 Å². The molecule has 0 aliphatic heterocycles. The van der Waals surface area contributed by atoms with E-state index < -0.39 is 7.82 Å². The topological polar surface area (TPSA) is 104 Å². The van der Waals surface area contributed by atoms with Crippen LogP contribution in [0.15, 0.2) is 0 Å². The summed E-state index contributed by atoms with van der Waals surface area (Å²) in [6.07, 6.45) is 0. The molecule has 6 nitrogen and oxygen atoms in total. The molecule has 2 N–H and O–H groups in total. The maximum atomic E-state index is 8.66. The second-order valence-corrected chi connectivity index (χ2v) is 4.14. The summed E-state index contributed by atoms with van der Waals surface area (Å²) in [6, 6.07) is 0. The van der Waals surface area contributed by atoms with Crippen molar-refractivity contribution in [3.63, 3.8) is 0 Å². The number of aliphatic hydroxyl groups is 1. The standard InChI is InChI=1S/C5H14NO.Na.H3O4P/c1-6(2,3)4-5-7;;1-5(2,3)4/h7H,4-5H2,1-3H3;;(H3,1,2,3,4)/q2*+1;/p-2. The maximum absolute atomic E-state index is 8.66. The molecule has 0 saturated heterocycles. The quantitative estimate of drug-likeness (QED) is 0.276. The summed E-state index contributed by atoms with van der Waals surface area (Å²) in [5, 5.41) is 8.39. The van der Waals surface area contributed by atoms with Gasteiger partial charge in [0.25, 0.3) is 0 Å². The number of hydrogen-bond donors (Lipinski definition) is 2. The number of phosphoric acid groups is 1. The van der Waals surface area contributed by atoms with Gasteiger partial charge in [-0.3, -0.25) is 0 Å². The minimum absolute atomic E-state index is 0. The first-order chi connectivity index (χ1) is 5.06. The van der Waals surface area contributed by atoms with Crippen LogP contribution in [0.25, 0.3) is 0 Å². The number of likely N-dealkylation sites (N-methyl/N-ethyl adjacent to an activating group) is 1. The smallest absolute Gasteiger partial charge is 0.790 e. The SMILES string of the molecule is C[N+](C)(C)CCO.O=P([O-])([O-])O.[Na+]. The molecule has 0 aromatic rings. The minimum atomic E-state index is -5.14. The van der Waals surface area contributed by atoms with Gasteiger partial charge in [0.05, 0.1) is 35.6 Å². The zero-order valence-electron chi connectivity index (χ0n) is 8.43. The molecule has 0 spiro atoms. The van der Waals surface area contributed by atoms with Gasteiger partial charge >= 0.3 is 29.6 Å². The van der Waals surface area contributed by atoms with Gasteiger partial charge < -0.3 is 28.8 Å². The monoisotopic (exact) mass is 223 g/mol. The van der Waals surface area contributed by atoms with Crippen LogP contribution in [0, 0.1) is 0 Å². The third-order valence-corrected chi connectivity index (χ3v) is 0.771. The van der Waals surface area contributed by atoms with Crippen molar-refractivity contribution >= 4 is 7.82 Å². The van der Waals surface area contributed by atoms with E-state index in [0.29, 0.717) is 0 Å². The second kappa shape index (κ2) is 8.35. The van der Waals surface area contributed by atoms with Gasteiger partial charge in [0.15, 0.2) is 0 Å². The van der Waals surface area contributed by atoms with E-state index in [9.17, 15) is 0 Å². The zero-order valence-corrected chi connectivity index (χ0v) is 11.3. The number of nitrogens with zero attached hydrogens (tertiary/aromatic N) is 1. The van der Waals surface area contributed by atoms with Crippen molar-refractivity contribution in [2.24, 2.45) is 0 Å². The molecule has 13 heavy (non-hydrogen) atoms. The Morgan fingerprint density at radius 3 is 1.54 bits per heavy atom. The summed E-state index contributed by atoms with van der Waals surface area (Å²) >= 11 is 0. The van der Waals surface area contributed by atoms with Crippen LogP contribution in [0.5, 0.6) is 0 Å². The van der Waals surface area contributed by atoms with Crippen LogP contribution in [0.2, 0.25) is 0 Å². The Morgan fingerprint density at radius 1 is 1.31 bits per heavy atom. The molecule has 0 heterocycles. The van der Waals surface area contributed by atoms with Crippen LogP contribution in [0.3, 0.4) is 0 Å². The van der Waals surface area contributed by atoms with Crippen LogP contribution in [0.1, 0.15) is 0 Å². The van der Waals surface area contributed by atoms with Crippen molar-refractivity contribution in [3.8, 4) is 0 Å². The molecule has 0 aromatic carbocycles. The Morgan fingerprint density at radius 2 is 1.54 bits per heavy atom. The van der Waals surface area contributed by atoms with E-state index in [1.807, 2.05) is 0 Å². The first kappa shape index (κ1) is 19.6. The molecule has 0 bridgehead atoms. The fourth-order valence-corrected chi connectivity index (χ4v) is 0.300.